The van der Waals surface area contributed by atoms with Gasteiger partial charge in [-0.05, 0) is 63.4 Å². The Kier molecular flexibility index (Phi) is 6.02. The summed E-state index contributed by atoms with van der Waals surface area (Å²) in [5.41, 5.74) is 9.59. The van der Waals surface area contributed by atoms with E-state index in [1.807, 2.05) is 53.8 Å². The predicted molar refractivity (Wildman–Crippen MR) is 98.0 cm³/mol. The lowest BCUT2D eigenvalue weighted by Crippen LogP contribution is -2.47. The molecule has 1 amide bonds. The fourth-order valence-corrected chi connectivity index (χ4v) is 3.31. The van der Waals surface area contributed by atoms with E-state index in [0.29, 0.717) is 6.54 Å². The van der Waals surface area contributed by atoms with Gasteiger partial charge in [-0.1, -0.05) is 0 Å². The number of hydrogen-bond acceptors (Lipinski definition) is 3. The van der Waals surface area contributed by atoms with Gasteiger partial charge in [-0.25, -0.2) is 4.68 Å². The number of likely N-dealkylation sites (tertiary alicyclic amines) is 1. The summed E-state index contributed by atoms with van der Waals surface area (Å²) in [6.07, 6.45) is 3.22. The molecular formula is C18H25ClN4O. The molecule has 1 aliphatic rings. The smallest absolute Gasteiger partial charge is 0.254 e. The minimum Gasteiger partial charge on any atom is -0.334 e. The highest BCUT2D eigenvalue weighted by Gasteiger charge is 2.26. The summed E-state index contributed by atoms with van der Waals surface area (Å²) >= 11 is 0. The van der Waals surface area contributed by atoms with Gasteiger partial charge < -0.3 is 10.6 Å². The van der Waals surface area contributed by atoms with Crippen LogP contribution in [0.15, 0.2) is 30.3 Å². The van der Waals surface area contributed by atoms with Crippen LogP contribution >= 0.6 is 12.4 Å². The van der Waals surface area contributed by atoms with Gasteiger partial charge in [-0.2, -0.15) is 5.10 Å². The zero-order chi connectivity index (χ0) is 16.4. The maximum absolute atomic E-state index is 12.7. The van der Waals surface area contributed by atoms with Crippen molar-refractivity contribution in [1.29, 1.82) is 0 Å². The topological polar surface area (TPSA) is 64.2 Å². The SMILES string of the molecule is Cc1cc(C)n(-c2ccc(C(=O)N3CCCCC3CN)cc2)n1.Cl. The Morgan fingerprint density at radius 1 is 1.25 bits per heavy atom. The number of carbonyl (C=O) groups is 1. The third kappa shape index (κ3) is 3.62. The molecule has 1 saturated heterocycles. The Hall–Kier alpha value is -1.85. The average molecular weight is 349 g/mol. The van der Waals surface area contributed by atoms with Gasteiger partial charge in [0, 0.05) is 30.4 Å². The second-order valence-corrected chi connectivity index (χ2v) is 6.27. The van der Waals surface area contributed by atoms with Gasteiger partial charge in [0.2, 0.25) is 0 Å². The zero-order valence-electron chi connectivity index (χ0n) is 14.2. The van der Waals surface area contributed by atoms with E-state index in [1.165, 1.54) is 0 Å². The van der Waals surface area contributed by atoms with Crippen LogP contribution < -0.4 is 5.73 Å². The lowest BCUT2D eigenvalue weighted by Gasteiger charge is -2.35. The molecule has 0 spiro atoms. The zero-order valence-corrected chi connectivity index (χ0v) is 15.1. The Morgan fingerprint density at radius 2 is 1.96 bits per heavy atom. The van der Waals surface area contributed by atoms with Gasteiger partial charge >= 0.3 is 0 Å². The number of nitrogens with zero attached hydrogens (tertiary/aromatic N) is 3. The van der Waals surface area contributed by atoms with E-state index >= 15 is 0 Å². The van der Waals surface area contributed by atoms with Crippen molar-refractivity contribution in [1.82, 2.24) is 14.7 Å². The Labute approximate surface area is 149 Å². The molecule has 1 aliphatic heterocycles. The van der Waals surface area contributed by atoms with E-state index in [2.05, 4.69) is 5.10 Å². The molecular weight excluding hydrogens is 324 g/mol. The van der Waals surface area contributed by atoms with Crippen molar-refractivity contribution in [3.63, 3.8) is 0 Å². The number of aromatic nitrogens is 2. The second kappa shape index (κ2) is 7.81. The first-order chi connectivity index (χ1) is 11.1. The van der Waals surface area contributed by atoms with Crippen LogP contribution in [0.2, 0.25) is 0 Å². The van der Waals surface area contributed by atoms with Crippen molar-refractivity contribution < 1.29 is 4.79 Å². The molecule has 2 aromatic rings. The van der Waals surface area contributed by atoms with Crippen LogP contribution in [0.3, 0.4) is 0 Å². The number of benzene rings is 1. The van der Waals surface area contributed by atoms with Crippen molar-refractivity contribution >= 4 is 18.3 Å². The lowest BCUT2D eigenvalue weighted by molar-refractivity contribution is 0.0623. The predicted octanol–water partition coefficient (Wildman–Crippen LogP) is 2.86. The summed E-state index contributed by atoms with van der Waals surface area (Å²) in [7, 11) is 0. The van der Waals surface area contributed by atoms with Gasteiger partial charge in [0.05, 0.1) is 11.4 Å². The summed E-state index contributed by atoms with van der Waals surface area (Å²) in [5.74, 6) is 0.0834. The lowest BCUT2D eigenvalue weighted by atomic mass is 10.0. The molecule has 0 saturated carbocycles. The Morgan fingerprint density at radius 3 is 2.54 bits per heavy atom. The molecule has 1 fully saturated rings. The van der Waals surface area contributed by atoms with Gasteiger partial charge in [-0.3, -0.25) is 4.79 Å². The Bertz CT molecular complexity index is 696. The summed E-state index contributed by atoms with van der Waals surface area (Å²) in [5, 5.41) is 4.47. The van der Waals surface area contributed by atoms with Crippen LogP contribution in [0, 0.1) is 13.8 Å². The van der Waals surface area contributed by atoms with Crippen molar-refractivity contribution in [2.24, 2.45) is 5.73 Å². The molecule has 1 aromatic carbocycles. The molecule has 0 bridgehead atoms. The van der Waals surface area contributed by atoms with Gasteiger partial charge in [0.15, 0.2) is 0 Å². The first-order valence-corrected chi connectivity index (χ1v) is 8.25. The molecule has 0 radical (unpaired) electrons. The molecule has 2 N–H and O–H groups in total. The van der Waals surface area contributed by atoms with Crippen LogP contribution in [0.5, 0.6) is 0 Å². The van der Waals surface area contributed by atoms with Crippen LogP contribution in [0.4, 0.5) is 0 Å². The van der Waals surface area contributed by atoms with E-state index < -0.39 is 0 Å². The van der Waals surface area contributed by atoms with Crippen molar-refractivity contribution in [3.05, 3.63) is 47.3 Å². The molecule has 2 heterocycles. The fraction of sp³-hybridized carbons (Fsp3) is 0.444. The standard InChI is InChI=1S/C18H24N4O.ClH/c1-13-11-14(2)22(20-13)16-8-6-15(7-9-16)18(23)21-10-4-3-5-17(21)12-19;/h6-9,11,17H,3-5,10,12,19H2,1-2H3;1H. The normalized spacial score (nSPS) is 17.5. The summed E-state index contributed by atoms with van der Waals surface area (Å²) in [4.78, 5) is 14.7. The van der Waals surface area contributed by atoms with Gasteiger partial charge in [0.25, 0.3) is 5.91 Å². The second-order valence-electron chi connectivity index (χ2n) is 6.27. The highest BCUT2D eigenvalue weighted by molar-refractivity contribution is 5.94. The van der Waals surface area contributed by atoms with Crippen LogP contribution in [0.25, 0.3) is 5.69 Å². The van der Waals surface area contributed by atoms with Crippen molar-refractivity contribution in [2.75, 3.05) is 13.1 Å². The third-order valence-corrected chi connectivity index (χ3v) is 4.53. The highest BCUT2D eigenvalue weighted by Crippen LogP contribution is 2.20. The molecule has 1 aromatic heterocycles. The third-order valence-electron chi connectivity index (χ3n) is 4.53. The molecule has 1 unspecified atom stereocenters. The number of amides is 1. The van der Waals surface area contributed by atoms with Crippen LogP contribution in [-0.4, -0.2) is 39.7 Å². The minimum absolute atomic E-state index is 0. The molecule has 24 heavy (non-hydrogen) atoms. The fourth-order valence-electron chi connectivity index (χ4n) is 3.31. The molecule has 1 atom stereocenters. The van der Waals surface area contributed by atoms with Crippen LogP contribution in [-0.2, 0) is 0 Å². The number of nitrogens with two attached hydrogens (primary N) is 1. The first-order valence-electron chi connectivity index (χ1n) is 8.25. The van der Waals surface area contributed by atoms with Crippen LogP contribution in [0.1, 0.15) is 41.0 Å². The molecule has 6 heteroatoms. The maximum atomic E-state index is 12.7. The van der Waals surface area contributed by atoms with E-state index in [4.69, 9.17) is 5.73 Å². The van der Waals surface area contributed by atoms with E-state index in [0.717, 1.165) is 48.4 Å². The van der Waals surface area contributed by atoms with Crippen molar-refractivity contribution in [2.45, 2.75) is 39.2 Å². The van der Waals surface area contributed by atoms with E-state index in [1.54, 1.807) is 0 Å². The number of aryl methyl sites for hydroxylation is 2. The largest absolute Gasteiger partial charge is 0.334 e. The van der Waals surface area contributed by atoms with Crippen molar-refractivity contribution in [3.8, 4) is 5.69 Å². The quantitative estimate of drug-likeness (QED) is 0.927. The number of hydrogen-bond donors (Lipinski definition) is 1. The van der Waals surface area contributed by atoms with Gasteiger partial charge in [-0.15, -0.1) is 12.4 Å². The maximum Gasteiger partial charge on any atom is 0.254 e. The summed E-state index contributed by atoms with van der Waals surface area (Å²) in [6.45, 7) is 5.35. The number of piperidine rings is 1. The number of carbonyl (C=O) groups excluding carboxylic acids is 1. The van der Waals surface area contributed by atoms with E-state index in [-0.39, 0.29) is 24.4 Å². The highest BCUT2D eigenvalue weighted by atomic mass is 35.5. The van der Waals surface area contributed by atoms with E-state index in [9.17, 15) is 4.79 Å². The average Bonchev–Trinajstić information content (AvgIpc) is 2.92. The molecule has 0 aliphatic carbocycles. The first kappa shape index (κ1) is 18.5. The molecule has 5 nitrogen and oxygen atoms in total. The number of rotatable bonds is 3. The Balaban J connectivity index is 0.00000208. The minimum atomic E-state index is 0. The molecule has 130 valence electrons. The monoisotopic (exact) mass is 348 g/mol. The molecule has 3 rings (SSSR count). The summed E-state index contributed by atoms with van der Waals surface area (Å²) < 4.78 is 1.90. The van der Waals surface area contributed by atoms with Gasteiger partial charge in [0.1, 0.15) is 0 Å². The number of halogens is 1. The summed E-state index contributed by atoms with van der Waals surface area (Å²) in [6, 6.07) is 9.89.